The molecule has 0 aliphatic rings. The Balaban J connectivity index is 2.09. The fourth-order valence-electron chi connectivity index (χ4n) is 1.66. The summed E-state index contributed by atoms with van der Waals surface area (Å²) in [6.07, 6.45) is 1.55. The van der Waals surface area contributed by atoms with Gasteiger partial charge in [0.2, 0.25) is 0 Å². The van der Waals surface area contributed by atoms with Gasteiger partial charge in [-0.1, -0.05) is 53.5 Å². The topological polar surface area (TPSA) is 50.7 Å². The van der Waals surface area contributed by atoms with Crippen molar-refractivity contribution in [2.75, 3.05) is 7.11 Å². The van der Waals surface area contributed by atoms with Crippen LogP contribution in [-0.2, 0) is 0 Å². The van der Waals surface area contributed by atoms with Gasteiger partial charge < -0.3 is 4.74 Å². The van der Waals surface area contributed by atoms with Crippen LogP contribution in [0.4, 0.5) is 0 Å². The molecule has 2 aromatic rings. The molecule has 0 unspecified atom stereocenters. The highest BCUT2D eigenvalue weighted by Gasteiger charge is 2.12. The highest BCUT2D eigenvalue weighted by atomic mass is 35.5. The first-order chi connectivity index (χ1) is 10.1. The third-order valence-corrected chi connectivity index (χ3v) is 3.21. The molecule has 0 aliphatic heterocycles. The van der Waals surface area contributed by atoms with Crippen LogP contribution in [0.3, 0.4) is 0 Å². The van der Waals surface area contributed by atoms with Gasteiger partial charge in [-0.2, -0.15) is 5.10 Å². The molecule has 0 saturated heterocycles. The second kappa shape index (κ2) is 7.11. The van der Waals surface area contributed by atoms with Gasteiger partial charge in [-0.3, -0.25) is 4.79 Å². The van der Waals surface area contributed by atoms with Gasteiger partial charge in [-0.05, 0) is 17.7 Å². The molecule has 0 bridgehead atoms. The van der Waals surface area contributed by atoms with Crippen LogP contribution < -0.4 is 10.2 Å². The molecule has 1 amide bonds. The summed E-state index contributed by atoms with van der Waals surface area (Å²) in [6.45, 7) is 0. The molecule has 0 atom stereocenters. The summed E-state index contributed by atoms with van der Waals surface area (Å²) in [5.41, 5.74) is 3.59. The number of carbonyl (C=O) groups excluding carboxylic acids is 1. The van der Waals surface area contributed by atoms with Crippen molar-refractivity contribution >= 4 is 35.3 Å². The first-order valence-electron chi connectivity index (χ1n) is 6.03. The van der Waals surface area contributed by atoms with E-state index in [4.69, 9.17) is 27.9 Å². The van der Waals surface area contributed by atoms with E-state index in [1.807, 2.05) is 30.3 Å². The summed E-state index contributed by atoms with van der Waals surface area (Å²) < 4.78 is 5.02. The number of carbonyl (C=O) groups is 1. The molecule has 0 radical (unpaired) electrons. The first kappa shape index (κ1) is 15.4. The van der Waals surface area contributed by atoms with Crippen molar-refractivity contribution in [3.05, 3.63) is 63.6 Å². The Kier molecular flexibility index (Phi) is 5.20. The minimum atomic E-state index is -0.409. The Morgan fingerprint density at radius 2 is 1.81 bits per heavy atom. The monoisotopic (exact) mass is 322 g/mol. The number of hydrogen-bond donors (Lipinski definition) is 1. The molecule has 0 fully saturated rings. The van der Waals surface area contributed by atoms with E-state index in [1.165, 1.54) is 19.2 Å². The quantitative estimate of drug-likeness (QED) is 0.688. The van der Waals surface area contributed by atoms with Gasteiger partial charge >= 0.3 is 0 Å². The average Bonchev–Trinajstić information content (AvgIpc) is 2.48. The van der Waals surface area contributed by atoms with E-state index in [0.29, 0.717) is 11.3 Å². The maximum absolute atomic E-state index is 12.0. The van der Waals surface area contributed by atoms with Crippen molar-refractivity contribution < 1.29 is 9.53 Å². The summed E-state index contributed by atoms with van der Waals surface area (Å²) in [5.74, 6) is -0.0729. The largest absolute Gasteiger partial charge is 0.494 e. The molecular weight excluding hydrogens is 311 g/mol. The van der Waals surface area contributed by atoms with Gasteiger partial charge in [0.05, 0.1) is 23.4 Å². The number of nitrogens with one attached hydrogen (secondary N) is 1. The molecule has 1 N–H and O–H groups in total. The molecular formula is C15H12Cl2N2O2. The van der Waals surface area contributed by atoms with E-state index < -0.39 is 5.91 Å². The lowest BCUT2D eigenvalue weighted by atomic mass is 10.2. The Bertz CT molecular complexity index is 650. The highest BCUT2D eigenvalue weighted by Crippen LogP contribution is 2.33. The molecule has 21 heavy (non-hydrogen) atoms. The molecule has 0 aromatic heterocycles. The molecule has 6 heteroatoms. The Labute approximate surface area is 132 Å². The Morgan fingerprint density at radius 1 is 1.19 bits per heavy atom. The summed E-state index contributed by atoms with van der Waals surface area (Å²) in [5, 5.41) is 4.41. The SMILES string of the molecule is COc1c(Cl)cc(C(=O)NN=Cc2ccccc2)cc1Cl. The van der Waals surface area contributed by atoms with Crippen LogP contribution in [0.25, 0.3) is 0 Å². The van der Waals surface area contributed by atoms with Crippen molar-refractivity contribution in [3.8, 4) is 5.75 Å². The van der Waals surface area contributed by atoms with E-state index in [-0.39, 0.29) is 10.0 Å². The van der Waals surface area contributed by atoms with Crippen LogP contribution in [-0.4, -0.2) is 19.2 Å². The van der Waals surface area contributed by atoms with Gasteiger partial charge in [0, 0.05) is 5.56 Å². The summed E-state index contributed by atoms with van der Waals surface area (Å²) in [7, 11) is 1.46. The van der Waals surface area contributed by atoms with Crippen molar-refractivity contribution in [2.45, 2.75) is 0 Å². The number of methoxy groups -OCH3 is 1. The zero-order valence-electron chi connectivity index (χ0n) is 11.1. The second-order valence-electron chi connectivity index (χ2n) is 4.08. The van der Waals surface area contributed by atoms with Crippen molar-refractivity contribution in [2.24, 2.45) is 5.10 Å². The third-order valence-electron chi connectivity index (χ3n) is 2.64. The predicted octanol–water partition coefficient (Wildman–Crippen LogP) is 3.77. The number of halogens is 2. The maximum Gasteiger partial charge on any atom is 0.271 e. The number of nitrogens with zero attached hydrogens (tertiary/aromatic N) is 1. The lowest BCUT2D eigenvalue weighted by molar-refractivity contribution is 0.0955. The van der Waals surface area contributed by atoms with Gasteiger partial charge in [-0.15, -0.1) is 0 Å². The minimum absolute atomic E-state index is 0.266. The Hall–Kier alpha value is -2.04. The summed E-state index contributed by atoms with van der Waals surface area (Å²) >= 11 is 12.0. The number of benzene rings is 2. The van der Waals surface area contributed by atoms with Gasteiger partial charge in [0.25, 0.3) is 5.91 Å². The fraction of sp³-hybridized carbons (Fsp3) is 0.0667. The van der Waals surface area contributed by atoms with E-state index in [2.05, 4.69) is 10.5 Å². The van der Waals surface area contributed by atoms with Gasteiger partial charge in [-0.25, -0.2) is 5.43 Å². The van der Waals surface area contributed by atoms with Crippen LogP contribution in [0.5, 0.6) is 5.75 Å². The lowest BCUT2D eigenvalue weighted by Crippen LogP contribution is -2.17. The number of hydrazone groups is 1. The molecule has 0 saturated carbocycles. The van der Waals surface area contributed by atoms with E-state index in [9.17, 15) is 4.79 Å². The average molecular weight is 323 g/mol. The van der Waals surface area contributed by atoms with E-state index >= 15 is 0 Å². The zero-order chi connectivity index (χ0) is 15.2. The fourth-order valence-corrected chi connectivity index (χ4v) is 2.30. The minimum Gasteiger partial charge on any atom is -0.494 e. The molecule has 4 nitrogen and oxygen atoms in total. The highest BCUT2D eigenvalue weighted by molar-refractivity contribution is 6.37. The number of rotatable bonds is 4. The van der Waals surface area contributed by atoms with Crippen LogP contribution in [0, 0.1) is 0 Å². The van der Waals surface area contributed by atoms with E-state index in [1.54, 1.807) is 6.21 Å². The van der Waals surface area contributed by atoms with Crippen LogP contribution >= 0.6 is 23.2 Å². The van der Waals surface area contributed by atoms with Crippen LogP contribution in [0.2, 0.25) is 10.0 Å². The zero-order valence-corrected chi connectivity index (χ0v) is 12.7. The van der Waals surface area contributed by atoms with Gasteiger partial charge in [0.15, 0.2) is 5.75 Å². The van der Waals surface area contributed by atoms with Crippen molar-refractivity contribution in [1.29, 1.82) is 0 Å². The molecule has 0 aliphatic carbocycles. The van der Waals surface area contributed by atoms with E-state index in [0.717, 1.165) is 5.56 Å². The molecule has 2 rings (SSSR count). The second-order valence-corrected chi connectivity index (χ2v) is 4.90. The number of ether oxygens (including phenoxy) is 1. The van der Waals surface area contributed by atoms with Gasteiger partial charge in [0.1, 0.15) is 0 Å². The van der Waals surface area contributed by atoms with Crippen molar-refractivity contribution in [1.82, 2.24) is 5.43 Å². The third kappa shape index (κ3) is 3.97. The predicted molar refractivity (Wildman–Crippen MR) is 84.5 cm³/mol. The molecule has 108 valence electrons. The van der Waals surface area contributed by atoms with Crippen LogP contribution in [0.15, 0.2) is 47.6 Å². The molecule has 0 spiro atoms. The summed E-state index contributed by atoms with van der Waals surface area (Å²) in [6, 6.07) is 12.3. The number of hydrogen-bond acceptors (Lipinski definition) is 3. The standard InChI is InChI=1S/C15H12Cl2N2O2/c1-21-14-12(16)7-11(8-13(14)17)15(20)19-18-9-10-5-3-2-4-6-10/h2-9H,1H3,(H,19,20). The van der Waals surface area contributed by atoms with Crippen molar-refractivity contribution in [3.63, 3.8) is 0 Å². The molecule has 0 heterocycles. The molecule has 2 aromatic carbocycles. The van der Waals surface area contributed by atoms with Crippen LogP contribution in [0.1, 0.15) is 15.9 Å². The maximum atomic E-state index is 12.0. The first-order valence-corrected chi connectivity index (χ1v) is 6.79. The Morgan fingerprint density at radius 3 is 2.38 bits per heavy atom. The lowest BCUT2D eigenvalue weighted by Gasteiger charge is -2.07. The summed E-state index contributed by atoms with van der Waals surface area (Å²) in [4.78, 5) is 12.0. The smallest absolute Gasteiger partial charge is 0.271 e. The number of amides is 1. The normalized spacial score (nSPS) is 10.6.